The summed E-state index contributed by atoms with van der Waals surface area (Å²) in [5.41, 5.74) is 0.543. The summed E-state index contributed by atoms with van der Waals surface area (Å²) in [5, 5.41) is 0. The molecular weight excluding hydrogens is 330 g/mol. The fourth-order valence-corrected chi connectivity index (χ4v) is 5.11. The Morgan fingerprint density at radius 1 is 0.923 bits per heavy atom. The van der Waals surface area contributed by atoms with Crippen LogP contribution in [0.15, 0.2) is 24.3 Å². The molecule has 0 bridgehead atoms. The fourth-order valence-electron chi connectivity index (χ4n) is 5.11. The Hall–Kier alpha value is -1.38. The molecule has 0 radical (unpaired) electrons. The molecule has 1 nitrogen and oxygen atoms in total. The van der Waals surface area contributed by atoms with Crippen LogP contribution in [0.3, 0.4) is 0 Å². The van der Waals surface area contributed by atoms with Gasteiger partial charge in [-0.25, -0.2) is 4.39 Å². The Kier molecular flexibility index (Phi) is 6.72. The zero-order valence-electron chi connectivity index (χ0n) is 16.1. The number of halogens is 2. The second-order valence-electron chi connectivity index (χ2n) is 8.03. The van der Waals surface area contributed by atoms with E-state index in [1.807, 2.05) is 0 Å². The SMILES string of the molecule is C/C=C/C1CCC(C2CCC(c3ccc(OCC)c(F)c3F)CC2)CC1. The van der Waals surface area contributed by atoms with Crippen molar-refractivity contribution in [2.45, 2.75) is 71.1 Å². The van der Waals surface area contributed by atoms with Gasteiger partial charge in [-0.1, -0.05) is 18.2 Å². The molecule has 2 saturated carbocycles. The molecule has 2 fully saturated rings. The molecule has 3 heteroatoms. The molecule has 0 amide bonds. The van der Waals surface area contributed by atoms with Gasteiger partial charge < -0.3 is 4.74 Å². The van der Waals surface area contributed by atoms with Gasteiger partial charge in [0.15, 0.2) is 11.6 Å². The zero-order valence-corrected chi connectivity index (χ0v) is 16.1. The number of rotatable bonds is 5. The predicted molar refractivity (Wildman–Crippen MR) is 102 cm³/mol. The molecule has 0 atom stereocenters. The molecule has 1 aromatic rings. The first kappa shape index (κ1) is 19.4. The van der Waals surface area contributed by atoms with Gasteiger partial charge in [-0.3, -0.25) is 0 Å². The van der Waals surface area contributed by atoms with Crippen LogP contribution in [-0.4, -0.2) is 6.61 Å². The molecule has 3 rings (SSSR count). The van der Waals surface area contributed by atoms with Gasteiger partial charge in [0.2, 0.25) is 5.82 Å². The summed E-state index contributed by atoms with van der Waals surface area (Å²) >= 11 is 0. The van der Waals surface area contributed by atoms with Gasteiger partial charge in [0.25, 0.3) is 0 Å². The van der Waals surface area contributed by atoms with E-state index in [9.17, 15) is 8.78 Å². The van der Waals surface area contributed by atoms with Crippen molar-refractivity contribution in [3.8, 4) is 5.75 Å². The lowest BCUT2D eigenvalue weighted by Crippen LogP contribution is -2.25. The van der Waals surface area contributed by atoms with E-state index >= 15 is 0 Å². The topological polar surface area (TPSA) is 9.23 Å². The average molecular weight is 363 g/mol. The van der Waals surface area contributed by atoms with E-state index in [-0.39, 0.29) is 11.7 Å². The van der Waals surface area contributed by atoms with Crippen LogP contribution >= 0.6 is 0 Å². The van der Waals surface area contributed by atoms with Crippen LogP contribution in [0.5, 0.6) is 5.75 Å². The largest absolute Gasteiger partial charge is 0.491 e. The molecule has 2 aliphatic rings. The first-order chi connectivity index (χ1) is 12.6. The maximum atomic E-state index is 14.5. The summed E-state index contributed by atoms with van der Waals surface area (Å²) in [6.45, 7) is 4.23. The third-order valence-electron chi connectivity index (χ3n) is 6.54. The van der Waals surface area contributed by atoms with Crippen molar-refractivity contribution in [3.63, 3.8) is 0 Å². The van der Waals surface area contributed by atoms with Crippen LogP contribution in [0.4, 0.5) is 8.78 Å². The highest BCUT2D eigenvalue weighted by atomic mass is 19.2. The number of allylic oxidation sites excluding steroid dienone is 2. The van der Waals surface area contributed by atoms with Gasteiger partial charge in [-0.15, -0.1) is 0 Å². The minimum Gasteiger partial charge on any atom is -0.491 e. The molecule has 1 aromatic carbocycles. The molecule has 144 valence electrons. The molecule has 0 unspecified atom stereocenters. The van der Waals surface area contributed by atoms with Crippen molar-refractivity contribution in [3.05, 3.63) is 41.5 Å². The Morgan fingerprint density at radius 3 is 2.12 bits per heavy atom. The highest BCUT2D eigenvalue weighted by Gasteiger charge is 2.32. The molecule has 26 heavy (non-hydrogen) atoms. The second kappa shape index (κ2) is 9.01. The highest BCUT2D eigenvalue weighted by Crippen LogP contribution is 2.45. The number of ether oxygens (including phenoxy) is 1. The summed E-state index contributed by atoms with van der Waals surface area (Å²) in [7, 11) is 0. The first-order valence-corrected chi connectivity index (χ1v) is 10.4. The molecule has 0 saturated heterocycles. The van der Waals surface area contributed by atoms with E-state index < -0.39 is 11.6 Å². The van der Waals surface area contributed by atoms with Crippen molar-refractivity contribution >= 4 is 0 Å². The fraction of sp³-hybridized carbons (Fsp3) is 0.652. The minimum absolute atomic E-state index is 0.0281. The zero-order chi connectivity index (χ0) is 18.5. The van der Waals surface area contributed by atoms with Crippen LogP contribution in [-0.2, 0) is 0 Å². The van der Waals surface area contributed by atoms with Crippen LogP contribution in [0.2, 0.25) is 0 Å². The number of hydrogen-bond acceptors (Lipinski definition) is 1. The molecule has 0 aliphatic heterocycles. The highest BCUT2D eigenvalue weighted by molar-refractivity contribution is 5.33. The first-order valence-electron chi connectivity index (χ1n) is 10.4. The summed E-state index contributed by atoms with van der Waals surface area (Å²) in [5.74, 6) is 1.03. The third kappa shape index (κ3) is 4.29. The molecular formula is C23H32F2O. The third-order valence-corrected chi connectivity index (χ3v) is 6.54. The standard InChI is InChI=1S/C23H32F2O/c1-3-5-16-6-8-17(9-7-16)18-10-12-19(13-11-18)20-14-15-21(26-4-2)23(25)22(20)24/h3,5,14-19H,4,6-13H2,1-2H3/b5-3+. The van der Waals surface area contributed by atoms with E-state index in [0.717, 1.165) is 43.4 Å². The smallest absolute Gasteiger partial charge is 0.200 e. The Balaban J connectivity index is 1.57. The molecule has 0 N–H and O–H groups in total. The predicted octanol–water partition coefficient (Wildman–Crippen LogP) is 7.02. The maximum Gasteiger partial charge on any atom is 0.200 e. The summed E-state index contributed by atoms with van der Waals surface area (Å²) in [4.78, 5) is 0. The molecule has 0 aromatic heterocycles. The van der Waals surface area contributed by atoms with E-state index in [1.165, 1.54) is 25.7 Å². The lowest BCUT2D eigenvalue weighted by Gasteiger charge is -2.37. The summed E-state index contributed by atoms with van der Waals surface area (Å²) < 4.78 is 33.8. The van der Waals surface area contributed by atoms with Gasteiger partial charge in [-0.2, -0.15) is 4.39 Å². The van der Waals surface area contributed by atoms with E-state index in [1.54, 1.807) is 19.1 Å². The van der Waals surface area contributed by atoms with Crippen molar-refractivity contribution in [2.75, 3.05) is 6.61 Å². The van der Waals surface area contributed by atoms with E-state index in [2.05, 4.69) is 19.1 Å². The van der Waals surface area contributed by atoms with Gasteiger partial charge in [0, 0.05) is 0 Å². The van der Waals surface area contributed by atoms with E-state index in [4.69, 9.17) is 4.74 Å². The molecule has 0 heterocycles. The van der Waals surface area contributed by atoms with Crippen molar-refractivity contribution in [1.29, 1.82) is 0 Å². The Labute approximate surface area is 156 Å². The quantitative estimate of drug-likeness (QED) is 0.511. The normalized spacial score (nSPS) is 29.8. The monoisotopic (exact) mass is 362 g/mol. The number of benzene rings is 1. The lowest BCUT2D eigenvalue weighted by atomic mass is 9.68. The Morgan fingerprint density at radius 2 is 1.54 bits per heavy atom. The number of hydrogen-bond donors (Lipinski definition) is 0. The van der Waals surface area contributed by atoms with Crippen LogP contribution in [0, 0.1) is 29.4 Å². The average Bonchev–Trinajstić information content (AvgIpc) is 2.67. The minimum atomic E-state index is -0.825. The summed E-state index contributed by atoms with van der Waals surface area (Å²) in [6, 6.07) is 3.32. The lowest BCUT2D eigenvalue weighted by molar-refractivity contribution is 0.170. The van der Waals surface area contributed by atoms with Crippen molar-refractivity contribution < 1.29 is 13.5 Å². The van der Waals surface area contributed by atoms with Gasteiger partial charge in [0.05, 0.1) is 6.61 Å². The summed E-state index contributed by atoms with van der Waals surface area (Å²) in [6.07, 6.45) is 14.1. The van der Waals surface area contributed by atoms with Gasteiger partial charge >= 0.3 is 0 Å². The molecule has 0 spiro atoms. The second-order valence-corrected chi connectivity index (χ2v) is 8.03. The maximum absolute atomic E-state index is 14.5. The van der Waals surface area contributed by atoms with Gasteiger partial charge in [0.1, 0.15) is 0 Å². The van der Waals surface area contributed by atoms with Crippen molar-refractivity contribution in [2.24, 2.45) is 17.8 Å². The van der Waals surface area contributed by atoms with Crippen LogP contribution in [0.1, 0.15) is 76.7 Å². The molecule has 2 aliphatic carbocycles. The van der Waals surface area contributed by atoms with Crippen LogP contribution < -0.4 is 4.74 Å². The van der Waals surface area contributed by atoms with Gasteiger partial charge in [-0.05, 0) is 101 Å². The van der Waals surface area contributed by atoms with Crippen molar-refractivity contribution in [1.82, 2.24) is 0 Å². The van der Waals surface area contributed by atoms with Crippen LogP contribution in [0.25, 0.3) is 0 Å². The Bertz CT molecular complexity index is 609. The van der Waals surface area contributed by atoms with E-state index in [0.29, 0.717) is 12.2 Å².